The van der Waals surface area contributed by atoms with Crippen LogP contribution in [0.25, 0.3) is 11.3 Å². The molecule has 4 heteroatoms. The van der Waals surface area contributed by atoms with E-state index in [2.05, 4.69) is 63.4 Å². The van der Waals surface area contributed by atoms with E-state index in [1.807, 2.05) is 23.1 Å². The molecule has 178 valence electrons. The quantitative estimate of drug-likeness (QED) is 0.469. The van der Waals surface area contributed by atoms with E-state index in [0.29, 0.717) is 5.92 Å². The molecule has 0 saturated carbocycles. The molecule has 1 aromatic heterocycles. The first-order chi connectivity index (χ1) is 16.2. The van der Waals surface area contributed by atoms with Crippen molar-refractivity contribution in [3.8, 4) is 11.3 Å². The number of benzene rings is 1. The number of piperidine rings is 1. The molecule has 5 rings (SSSR count). The molecular formula is C30H36N2OS. The molecule has 2 aliphatic carbocycles. The first kappa shape index (κ1) is 23.3. The first-order valence-electron chi connectivity index (χ1n) is 12.7. The Bertz CT molecular complexity index is 1170. The third-order valence-corrected chi connectivity index (χ3v) is 9.04. The second kappa shape index (κ2) is 8.96. The van der Waals surface area contributed by atoms with Crippen molar-refractivity contribution in [3.05, 3.63) is 75.7 Å². The molecule has 0 bridgehead atoms. The van der Waals surface area contributed by atoms with Crippen molar-refractivity contribution < 1.29 is 4.79 Å². The van der Waals surface area contributed by atoms with Crippen LogP contribution in [0.2, 0.25) is 0 Å². The van der Waals surface area contributed by atoms with Gasteiger partial charge in [0.15, 0.2) is 0 Å². The zero-order valence-electron chi connectivity index (χ0n) is 20.9. The Hall–Kier alpha value is -2.46. The number of allylic oxidation sites excluding steroid dienone is 4. The summed E-state index contributed by atoms with van der Waals surface area (Å²) in [5.41, 5.74) is 6.55. The molecule has 3 aliphatic rings. The predicted octanol–water partition coefficient (Wildman–Crippen LogP) is 7.31. The minimum Gasteiger partial charge on any atom is -0.339 e. The van der Waals surface area contributed by atoms with Crippen LogP contribution in [0.3, 0.4) is 0 Å². The van der Waals surface area contributed by atoms with E-state index in [0.717, 1.165) is 43.6 Å². The lowest BCUT2D eigenvalue weighted by molar-refractivity contribution is -0.127. The number of aromatic nitrogens is 1. The van der Waals surface area contributed by atoms with Gasteiger partial charge in [0.25, 0.3) is 5.91 Å². The first-order valence-corrected chi connectivity index (χ1v) is 13.6. The Morgan fingerprint density at radius 2 is 1.76 bits per heavy atom. The third-order valence-electron chi connectivity index (χ3n) is 8.03. The number of fused-ring (bicyclic) bond motifs is 1. The number of amides is 1. The number of carbonyl (C=O) groups is 1. The van der Waals surface area contributed by atoms with Gasteiger partial charge in [0.1, 0.15) is 0 Å². The smallest absolute Gasteiger partial charge is 0.253 e. The highest BCUT2D eigenvalue weighted by molar-refractivity contribution is 7.10. The van der Waals surface area contributed by atoms with Crippen LogP contribution in [0.4, 0.5) is 0 Å². The van der Waals surface area contributed by atoms with Gasteiger partial charge in [-0.05, 0) is 66.2 Å². The summed E-state index contributed by atoms with van der Waals surface area (Å²) >= 11 is 1.78. The Morgan fingerprint density at radius 1 is 1.03 bits per heavy atom. The minimum atomic E-state index is 0.153. The maximum absolute atomic E-state index is 12.9. The second-order valence-corrected chi connectivity index (χ2v) is 12.2. The molecule has 34 heavy (non-hydrogen) atoms. The molecule has 1 aliphatic heterocycles. The van der Waals surface area contributed by atoms with Gasteiger partial charge >= 0.3 is 0 Å². The van der Waals surface area contributed by atoms with Crippen molar-refractivity contribution in [3.63, 3.8) is 0 Å². The zero-order valence-corrected chi connectivity index (χ0v) is 21.8. The van der Waals surface area contributed by atoms with Crippen LogP contribution in [-0.4, -0.2) is 28.9 Å². The second-order valence-electron chi connectivity index (χ2n) is 11.4. The zero-order chi connectivity index (χ0) is 23.9. The van der Waals surface area contributed by atoms with Crippen molar-refractivity contribution >= 4 is 17.2 Å². The van der Waals surface area contributed by atoms with E-state index in [-0.39, 0.29) is 16.7 Å². The fraction of sp³-hybridized carbons (Fsp3) is 0.467. The number of carbonyl (C=O) groups excluding carboxylic acids is 1. The van der Waals surface area contributed by atoms with E-state index in [1.54, 1.807) is 11.3 Å². The number of nitrogens with zero attached hydrogens (tertiary/aromatic N) is 2. The predicted molar refractivity (Wildman–Crippen MR) is 142 cm³/mol. The van der Waals surface area contributed by atoms with Crippen LogP contribution in [-0.2, 0) is 15.6 Å². The molecular weight excluding hydrogens is 436 g/mol. The van der Waals surface area contributed by atoms with E-state index in [9.17, 15) is 4.79 Å². The highest BCUT2D eigenvalue weighted by Gasteiger charge is 2.37. The third kappa shape index (κ3) is 4.45. The molecule has 2 aromatic rings. The van der Waals surface area contributed by atoms with Crippen LogP contribution in [0.1, 0.15) is 81.9 Å². The molecule has 1 amide bonds. The van der Waals surface area contributed by atoms with Gasteiger partial charge in [-0.3, -0.25) is 4.79 Å². The average Bonchev–Trinajstić information content (AvgIpc) is 3.17. The van der Waals surface area contributed by atoms with E-state index < -0.39 is 0 Å². The molecule has 2 heterocycles. The van der Waals surface area contributed by atoms with Gasteiger partial charge in [-0.15, -0.1) is 11.3 Å². The molecule has 3 nitrogen and oxygen atoms in total. The van der Waals surface area contributed by atoms with Crippen molar-refractivity contribution in [1.82, 2.24) is 9.88 Å². The lowest BCUT2D eigenvalue weighted by Crippen LogP contribution is -2.38. The highest BCUT2D eigenvalue weighted by atomic mass is 32.1. The van der Waals surface area contributed by atoms with Crippen LogP contribution >= 0.6 is 11.3 Å². The fourth-order valence-electron chi connectivity index (χ4n) is 5.59. The lowest BCUT2D eigenvalue weighted by Gasteiger charge is -2.42. The molecule has 0 N–H and O–H groups in total. The van der Waals surface area contributed by atoms with Crippen LogP contribution in [0, 0.1) is 0 Å². The molecule has 0 spiro atoms. The monoisotopic (exact) mass is 472 g/mol. The Kier molecular flexibility index (Phi) is 6.14. The number of hydrogen-bond acceptors (Lipinski definition) is 3. The summed E-state index contributed by atoms with van der Waals surface area (Å²) in [6, 6.07) is 7.02. The molecule has 0 radical (unpaired) electrons. The molecule has 1 aromatic carbocycles. The van der Waals surface area contributed by atoms with Gasteiger partial charge in [0.2, 0.25) is 0 Å². The summed E-state index contributed by atoms with van der Waals surface area (Å²) in [5, 5.41) is 3.44. The van der Waals surface area contributed by atoms with Crippen molar-refractivity contribution in [2.75, 3.05) is 13.1 Å². The van der Waals surface area contributed by atoms with E-state index in [1.165, 1.54) is 34.5 Å². The minimum absolute atomic E-state index is 0.153. The largest absolute Gasteiger partial charge is 0.339 e. The van der Waals surface area contributed by atoms with Gasteiger partial charge < -0.3 is 4.90 Å². The number of likely N-dealkylation sites (tertiary alicyclic amines) is 1. The van der Waals surface area contributed by atoms with E-state index >= 15 is 0 Å². The standard InChI is InChI=1S/C30H36N2OS/c1-29(2)15-16-30(3,4)25-19-23(11-12-24(25)29)26-20-34-27(31-26)21-13-17-32(18-14-21)28(33)22-9-7-5-6-8-10-22/h5,7-12,19-21H,6,13-18H2,1-4H3. The number of hydrogen-bond donors (Lipinski definition) is 0. The maximum atomic E-state index is 12.9. The number of rotatable bonds is 3. The van der Waals surface area contributed by atoms with Crippen LogP contribution in [0.15, 0.2) is 59.5 Å². The van der Waals surface area contributed by atoms with Gasteiger partial charge in [-0.1, -0.05) is 64.1 Å². The van der Waals surface area contributed by atoms with Gasteiger partial charge in [0, 0.05) is 35.5 Å². The summed E-state index contributed by atoms with van der Waals surface area (Å²) < 4.78 is 0. The average molecular weight is 473 g/mol. The van der Waals surface area contributed by atoms with Crippen molar-refractivity contribution in [2.45, 2.75) is 76.5 Å². The Labute approximate surface area is 208 Å². The Morgan fingerprint density at radius 3 is 2.53 bits per heavy atom. The van der Waals surface area contributed by atoms with Crippen molar-refractivity contribution in [2.24, 2.45) is 0 Å². The summed E-state index contributed by atoms with van der Waals surface area (Å²) in [6.45, 7) is 11.1. The summed E-state index contributed by atoms with van der Waals surface area (Å²) in [4.78, 5) is 20.0. The van der Waals surface area contributed by atoms with Gasteiger partial charge in [-0.25, -0.2) is 4.98 Å². The highest BCUT2D eigenvalue weighted by Crippen LogP contribution is 2.47. The molecule has 1 fully saturated rings. The van der Waals surface area contributed by atoms with Crippen LogP contribution < -0.4 is 0 Å². The summed E-state index contributed by atoms with van der Waals surface area (Å²) in [6.07, 6.45) is 15.3. The van der Waals surface area contributed by atoms with Crippen LogP contribution in [0.5, 0.6) is 0 Å². The SMILES string of the molecule is CC1(C)CCC(C)(C)c2cc(-c3csc(C4CCN(C(=O)C5=CC=CCC=C5)CC4)n3)ccc21. The normalized spacial score (nSPS) is 21.6. The maximum Gasteiger partial charge on any atom is 0.253 e. The topological polar surface area (TPSA) is 33.2 Å². The summed E-state index contributed by atoms with van der Waals surface area (Å²) in [7, 11) is 0. The Balaban J connectivity index is 1.30. The molecule has 1 saturated heterocycles. The van der Waals surface area contributed by atoms with Gasteiger partial charge in [0.05, 0.1) is 10.7 Å². The van der Waals surface area contributed by atoms with Gasteiger partial charge in [-0.2, -0.15) is 0 Å². The molecule has 0 unspecified atom stereocenters. The van der Waals surface area contributed by atoms with Crippen molar-refractivity contribution in [1.29, 1.82) is 0 Å². The lowest BCUT2D eigenvalue weighted by atomic mass is 9.63. The fourth-order valence-corrected chi connectivity index (χ4v) is 6.59. The number of thiazole rings is 1. The molecule has 0 atom stereocenters. The van der Waals surface area contributed by atoms with E-state index in [4.69, 9.17) is 4.98 Å². The summed E-state index contributed by atoms with van der Waals surface area (Å²) in [5.74, 6) is 0.593.